The van der Waals surface area contributed by atoms with Crippen LogP contribution in [0.5, 0.6) is 0 Å². The summed E-state index contributed by atoms with van der Waals surface area (Å²) in [6.45, 7) is 6.14. The van der Waals surface area contributed by atoms with Crippen molar-refractivity contribution in [2.75, 3.05) is 19.7 Å². The molecule has 1 aliphatic heterocycles. The van der Waals surface area contributed by atoms with Crippen molar-refractivity contribution in [2.45, 2.75) is 6.23 Å². The molecule has 1 unspecified atom stereocenters. The summed E-state index contributed by atoms with van der Waals surface area (Å²) in [6, 6.07) is 0. The molecule has 0 aliphatic carbocycles. The fourth-order valence-electron chi connectivity index (χ4n) is 0.804. The molecule has 0 aromatic carbocycles. The van der Waals surface area contributed by atoms with Crippen molar-refractivity contribution in [2.24, 2.45) is 0 Å². The second-order valence-corrected chi connectivity index (χ2v) is 1.93. The third kappa shape index (κ3) is 2.03. The number of hydrogen-bond acceptors (Lipinski definition) is 3. The lowest BCUT2D eigenvalue weighted by atomic mass is 10.4. The predicted molar refractivity (Wildman–Crippen MR) is 35.9 cm³/mol. The van der Waals surface area contributed by atoms with Gasteiger partial charge in [0.1, 0.15) is 6.23 Å². The molecule has 0 bridgehead atoms. The van der Waals surface area contributed by atoms with Gasteiger partial charge in [0, 0.05) is 13.1 Å². The van der Waals surface area contributed by atoms with Gasteiger partial charge in [0.15, 0.2) is 0 Å². The van der Waals surface area contributed by atoms with Gasteiger partial charge < -0.3 is 15.4 Å². The van der Waals surface area contributed by atoms with Crippen molar-refractivity contribution in [3.63, 3.8) is 0 Å². The van der Waals surface area contributed by atoms with E-state index < -0.39 is 0 Å². The standard InChI is InChI=1S/C6H12N2O/c1-2-8-6-5-7-3-4-9-6/h2,6-8H,1,3-5H2. The normalized spacial score (nSPS) is 27.3. The van der Waals surface area contributed by atoms with E-state index in [0.29, 0.717) is 0 Å². The monoisotopic (exact) mass is 128 g/mol. The van der Waals surface area contributed by atoms with Gasteiger partial charge in [0.25, 0.3) is 0 Å². The van der Waals surface area contributed by atoms with Crippen LogP contribution >= 0.6 is 0 Å². The molecule has 1 aliphatic rings. The quantitative estimate of drug-likeness (QED) is 0.534. The van der Waals surface area contributed by atoms with Crippen LogP contribution in [0.3, 0.4) is 0 Å². The summed E-state index contributed by atoms with van der Waals surface area (Å²) in [4.78, 5) is 0. The second kappa shape index (κ2) is 3.48. The van der Waals surface area contributed by atoms with Gasteiger partial charge in [-0.3, -0.25) is 0 Å². The summed E-state index contributed by atoms with van der Waals surface area (Å²) < 4.78 is 5.27. The van der Waals surface area contributed by atoms with E-state index in [1.165, 1.54) is 0 Å². The highest BCUT2D eigenvalue weighted by atomic mass is 16.5. The molecule has 0 amide bonds. The molecule has 52 valence electrons. The Kier molecular flexibility index (Phi) is 2.54. The zero-order valence-electron chi connectivity index (χ0n) is 5.39. The molecular weight excluding hydrogens is 116 g/mol. The number of nitrogens with one attached hydrogen (secondary N) is 2. The first-order chi connectivity index (χ1) is 4.43. The fourth-order valence-corrected chi connectivity index (χ4v) is 0.804. The minimum atomic E-state index is 0.122. The summed E-state index contributed by atoms with van der Waals surface area (Å²) in [5, 5.41) is 6.15. The Bertz CT molecular complexity index is 89.1. The molecule has 0 spiro atoms. The molecule has 3 nitrogen and oxygen atoms in total. The highest BCUT2D eigenvalue weighted by Crippen LogP contribution is 1.89. The third-order valence-corrected chi connectivity index (χ3v) is 1.23. The minimum absolute atomic E-state index is 0.122. The first-order valence-corrected chi connectivity index (χ1v) is 3.13. The molecule has 0 aromatic rings. The van der Waals surface area contributed by atoms with Crippen molar-refractivity contribution < 1.29 is 4.74 Å². The van der Waals surface area contributed by atoms with E-state index in [4.69, 9.17) is 4.74 Å². The molecule has 0 radical (unpaired) electrons. The average Bonchev–Trinajstić information content (AvgIpc) is 1.91. The molecule has 1 atom stereocenters. The van der Waals surface area contributed by atoms with Gasteiger partial charge in [-0.25, -0.2) is 0 Å². The van der Waals surface area contributed by atoms with Crippen LogP contribution in [0, 0.1) is 0 Å². The van der Waals surface area contributed by atoms with Crippen molar-refractivity contribution in [1.29, 1.82) is 0 Å². The largest absolute Gasteiger partial charge is 0.366 e. The molecule has 2 N–H and O–H groups in total. The summed E-state index contributed by atoms with van der Waals surface area (Å²) in [6.07, 6.45) is 1.77. The number of rotatable bonds is 2. The average molecular weight is 128 g/mol. The Morgan fingerprint density at radius 3 is 3.22 bits per heavy atom. The number of ether oxygens (including phenoxy) is 1. The Hall–Kier alpha value is -0.540. The van der Waals surface area contributed by atoms with Gasteiger partial charge in [0.05, 0.1) is 6.61 Å². The van der Waals surface area contributed by atoms with Gasteiger partial charge in [-0.1, -0.05) is 6.58 Å². The predicted octanol–water partition coefficient (Wildman–Crippen LogP) is -0.335. The topological polar surface area (TPSA) is 33.3 Å². The number of morpholine rings is 1. The van der Waals surface area contributed by atoms with Gasteiger partial charge in [-0.15, -0.1) is 0 Å². The van der Waals surface area contributed by atoms with Crippen LogP contribution in [0.4, 0.5) is 0 Å². The zero-order chi connectivity index (χ0) is 6.53. The summed E-state index contributed by atoms with van der Waals surface area (Å²) in [7, 11) is 0. The van der Waals surface area contributed by atoms with Crippen molar-refractivity contribution in [3.05, 3.63) is 12.8 Å². The van der Waals surface area contributed by atoms with E-state index in [-0.39, 0.29) is 6.23 Å². The number of hydrogen-bond donors (Lipinski definition) is 2. The molecule has 0 saturated carbocycles. The summed E-state index contributed by atoms with van der Waals surface area (Å²) in [5.41, 5.74) is 0. The van der Waals surface area contributed by atoms with E-state index in [2.05, 4.69) is 17.2 Å². The maximum absolute atomic E-state index is 5.27. The van der Waals surface area contributed by atoms with Crippen LogP contribution in [-0.2, 0) is 4.74 Å². The smallest absolute Gasteiger partial charge is 0.139 e. The molecule has 1 fully saturated rings. The van der Waals surface area contributed by atoms with Crippen LogP contribution in [0.2, 0.25) is 0 Å². The Morgan fingerprint density at radius 2 is 2.67 bits per heavy atom. The van der Waals surface area contributed by atoms with Gasteiger partial charge in [0.2, 0.25) is 0 Å². The lowest BCUT2D eigenvalue weighted by Crippen LogP contribution is -2.44. The fraction of sp³-hybridized carbons (Fsp3) is 0.667. The lowest BCUT2D eigenvalue weighted by molar-refractivity contribution is 0.0158. The van der Waals surface area contributed by atoms with Crippen LogP contribution in [0.25, 0.3) is 0 Å². The molecular formula is C6H12N2O. The summed E-state index contributed by atoms with van der Waals surface area (Å²) >= 11 is 0. The third-order valence-electron chi connectivity index (χ3n) is 1.23. The molecule has 1 rings (SSSR count). The first-order valence-electron chi connectivity index (χ1n) is 3.13. The molecule has 0 aromatic heterocycles. The minimum Gasteiger partial charge on any atom is -0.366 e. The molecule has 1 saturated heterocycles. The Balaban J connectivity index is 2.15. The van der Waals surface area contributed by atoms with Crippen molar-refractivity contribution >= 4 is 0 Å². The first kappa shape index (κ1) is 6.58. The van der Waals surface area contributed by atoms with Crippen molar-refractivity contribution in [1.82, 2.24) is 10.6 Å². The Labute approximate surface area is 55.1 Å². The highest BCUT2D eigenvalue weighted by molar-refractivity contribution is 4.71. The maximum Gasteiger partial charge on any atom is 0.139 e. The molecule has 1 heterocycles. The van der Waals surface area contributed by atoms with Gasteiger partial charge >= 0.3 is 0 Å². The van der Waals surface area contributed by atoms with E-state index in [1.54, 1.807) is 6.20 Å². The van der Waals surface area contributed by atoms with Crippen LogP contribution in [-0.4, -0.2) is 25.9 Å². The van der Waals surface area contributed by atoms with Crippen LogP contribution in [0.15, 0.2) is 12.8 Å². The van der Waals surface area contributed by atoms with Gasteiger partial charge in [-0.05, 0) is 6.20 Å². The van der Waals surface area contributed by atoms with E-state index in [9.17, 15) is 0 Å². The molecule has 3 heteroatoms. The van der Waals surface area contributed by atoms with Crippen LogP contribution in [0.1, 0.15) is 0 Å². The second-order valence-electron chi connectivity index (χ2n) is 1.93. The lowest BCUT2D eigenvalue weighted by Gasteiger charge is -2.23. The Morgan fingerprint density at radius 1 is 1.78 bits per heavy atom. The SMILES string of the molecule is C=CNC1CNCCO1. The molecule has 9 heavy (non-hydrogen) atoms. The van der Waals surface area contributed by atoms with E-state index in [0.717, 1.165) is 19.7 Å². The summed E-state index contributed by atoms with van der Waals surface area (Å²) in [5.74, 6) is 0. The maximum atomic E-state index is 5.27. The van der Waals surface area contributed by atoms with Crippen LogP contribution < -0.4 is 10.6 Å². The van der Waals surface area contributed by atoms with E-state index >= 15 is 0 Å². The van der Waals surface area contributed by atoms with Gasteiger partial charge in [-0.2, -0.15) is 0 Å². The van der Waals surface area contributed by atoms with E-state index in [1.807, 2.05) is 0 Å². The van der Waals surface area contributed by atoms with Crippen molar-refractivity contribution in [3.8, 4) is 0 Å². The highest BCUT2D eigenvalue weighted by Gasteiger charge is 2.09. The zero-order valence-corrected chi connectivity index (χ0v) is 5.39.